The number of halogens is 2. The van der Waals surface area contributed by atoms with Crippen LogP contribution in [0.15, 0.2) is 35.6 Å². The number of aliphatic imine (C=N–C) groups is 1. The number of nitrogens with zero attached hydrogens (tertiary/aromatic N) is 4. The highest BCUT2D eigenvalue weighted by molar-refractivity contribution is 6.45. The van der Waals surface area contributed by atoms with E-state index in [2.05, 4.69) is 20.7 Å². The van der Waals surface area contributed by atoms with Crippen LogP contribution in [0, 0.1) is 0 Å². The Bertz CT molecular complexity index is 965. The standard InChI is InChI=1S/C22H28F2N6O/c1-29-13-18(12-28-29)16-4-5-17-11-25-6-7-26-20(19(17)10-16)21(31)27-14-22(23,24)15-30-8-2-3-9-30/h4-5,10,12-13,25H,2-3,6-9,11,14-15H2,1H3,(H,27,31). The van der Waals surface area contributed by atoms with Crippen molar-refractivity contribution in [3.8, 4) is 11.1 Å². The van der Waals surface area contributed by atoms with E-state index in [1.165, 1.54) is 0 Å². The van der Waals surface area contributed by atoms with E-state index in [0.717, 1.165) is 29.5 Å². The number of aryl methyl sites for hydroxylation is 1. The Labute approximate surface area is 180 Å². The summed E-state index contributed by atoms with van der Waals surface area (Å²) in [5.41, 5.74) is 3.59. The topological polar surface area (TPSA) is 74.6 Å². The number of alkyl halides is 2. The Morgan fingerprint density at radius 2 is 2.06 bits per heavy atom. The first-order valence-corrected chi connectivity index (χ1v) is 10.7. The van der Waals surface area contributed by atoms with Crippen molar-refractivity contribution < 1.29 is 13.6 Å². The summed E-state index contributed by atoms with van der Waals surface area (Å²) in [6.45, 7) is 1.96. The Morgan fingerprint density at radius 1 is 1.26 bits per heavy atom. The maximum Gasteiger partial charge on any atom is 0.277 e. The molecule has 2 aliphatic rings. The minimum Gasteiger partial charge on any atom is -0.345 e. The Balaban J connectivity index is 1.53. The second-order valence-corrected chi connectivity index (χ2v) is 8.20. The van der Waals surface area contributed by atoms with Gasteiger partial charge in [-0.05, 0) is 43.1 Å². The zero-order chi connectivity index (χ0) is 21.8. The fraction of sp³-hybridized carbons (Fsp3) is 0.500. The maximum atomic E-state index is 14.4. The van der Waals surface area contributed by atoms with Crippen molar-refractivity contribution in [1.82, 2.24) is 25.3 Å². The van der Waals surface area contributed by atoms with Crippen molar-refractivity contribution in [2.75, 3.05) is 39.3 Å². The van der Waals surface area contributed by atoms with Gasteiger partial charge >= 0.3 is 0 Å². The summed E-state index contributed by atoms with van der Waals surface area (Å²) in [6, 6.07) is 5.81. The molecule has 7 nitrogen and oxygen atoms in total. The maximum absolute atomic E-state index is 14.4. The van der Waals surface area contributed by atoms with Gasteiger partial charge in [-0.15, -0.1) is 0 Å². The molecule has 0 bridgehead atoms. The molecule has 0 radical (unpaired) electrons. The van der Waals surface area contributed by atoms with E-state index >= 15 is 0 Å². The fourth-order valence-corrected chi connectivity index (χ4v) is 4.07. The molecule has 1 saturated heterocycles. The third-order valence-corrected chi connectivity index (χ3v) is 5.65. The average molecular weight is 431 g/mol. The SMILES string of the molecule is Cn1cc(-c2ccc3c(c2)C(C(=O)NCC(F)(F)CN2CCCC2)=NCCNC3)cn1. The Morgan fingerprint density at radius 3 is 2.81 bits per heavy atom. The van der Waals surface area contributed by atoms with Gasteiger partial charge in [-0.3, -0.25) is 19.4 Å². The van der Waals surface area contributed by atoms with Gasteiger partial charge in [-0.1, -0.05) is 12.1 Å². The summed E-state index contributed by atoms with van der Waals surface area (Å²) in [5.74, 6) is -3.54. The fourth-order valence-electron chi connectivity index (χ4n) is 4.07. The van der Waals surface area contributed by atoms with Crippen LogP contribution in [-0.4, -0.2) is 71.5 Å². The number of carbonyl (C=O) groups excluding carboxylic acids is 1. The van der Waals surface area contributed by atoms with E-state index < -0.39 is 18.4 Å². The first-order valence-electron chi connectivity index (χ1n) is 10.7. The molecule has 0 unspecified atom stereocenters. The van der Waals surface area contributed by atoms with Gasteiger partial charge in [0, 0.05) is 37.5 Å². The predicted octanol–water partition coefficient (Wildman–Crippen LogP) is 1.83. The number of amides is 1. The van der Waals surface area contributed by atoms with Crippen LogP contribution < -0.4 is 10.6 Å². The number of hydrogen-bond donors (Lipinski definition) is 2. The predicted molar refractivity (Wildman–Crippen MR) is 115 cm³/mol. The summed E-state index contributed by atoms with van der Waals surface area (Å²) >= 11 is 0. The van der Waals surface area contributed by atoms with E-state index in [1.807, 2.05) is 31.4 Å². The highest BCUT2D eigenvalue weighted by atomic mass is 19.3. The second kappa shape index (κ2) is 9.23. The number of benzene rings is 1. The zero-order valence-electron chi connectivity index (χ0n) is 17.7. The number of nitrogens with one attached hydrogen (secondary N) is 2. The van der Waals surface area contributed by atoms with Gasteiger partial charge in [0.25, 0.3) is 11.8 Å². The number of fused-ring (bicyclic) bond motifs is 1. The Hall–Kier alpha value is -2.65. The quantitative estimate of drug-likeness (QED) is 0.733. The van der Waals surface area contributed by atoms with Crippen LogP contribution >= 0.6 is 0 Å². The molecule has 1 aromatic heterocycles. The van der Waals surface area contributed by atoms with E-state index in [9.17, 15) is 13.6 Å². The molecule has 2 aromatic rings. The van der Waals surface area contributed by atoms with Gasteiger partial charge in [0.15, 0.2) is 0 Å². The summed E-state index contributed by atoms with van der Waals surface area (Å²) in [5, 5.41) is 9.92. The molecule has 0 atom stereocenters. The third-order valence-electron chi connectivity index (χ3n) is 5.65. The van der Waals surface area contributed by atoms with Gasteiger partial charge < -0.3 is 10.6 Å². The second-order valence-electron chi connectivity index (χ2n) is 8.20. The van der Waals surface area contributed by atoms with Crippen LogP contribution in [0.3, 0.4) is 0 Å². The first kappa shape index (κ1) is 21.6. The van der Waals surface area contributed by atoms with E-state index in [4.69, 9.17) is 0 Å². The number of aromatic nitrogens is 2. The van der Waals surface area contributed by atoms with Crippen LogP contribution in [0.25, 0.3) is 11.1 Å². The molecule has 1 fully saturated rings. The monoisotopic (exact) mass is 430 g/mol. The lowest BCUT2D eigenvalue weighted by Crippen LogP contribution is -2.46. The molecule has 1 amide bonds. The third kappa shape index (κ3) is 5.34. The van der Waals surface area contributed by atoms with Crippen LogP contribution in [0.5, 0.6) is 0 Å². The average Bonchev–Trinajstić information content (AvgIpc) is 3.38. The molecule has 1 aromatic carbocycles. The van der Waals surface area contributed by atoms with Gasteiger partial charge in [0.05, 0.1) is 25.8 Å². The Kier molecular flexibility index (Phi) is 6.43. The van der Waals surface area contributed by atoms with Crippen molar-refractivity contribution in [3.05, 3.63) is 41.7 Å². The van der Waals surface area contributed by atoms with E-state index in [1.54, 1.807) is 15.8 Å². The van der Waals surface area contributed by atoms with Crippen molar-refractivity contribution in [1.29, 1.82) is 0 Å². The number of likely N-dealkylation sites (tertiary alicyclic amines) is 1. The summed E-state index contributed by atoms with van der Waals surface area (Å²) in [6.07, 6.45) is 5.53. The number of rotatable bonds is 6. The van der Waals surface area contributed by atoms with Crippen LogP contribution in [0.2, 0.25) is 0 Å². The van der Waals surface area contributed by atoms with E-state index in [-0.39, 0.29) is 12.3 Å². The molecule has 3 heterocycles. The minimum absolute atomic E-state index is 0.208. The molecule has 0 saturated carbocycles. The van der Waals surface area contributed by atoms with E-state index in [0.29, 0.717) is 38.3 Å². The largest absolute Gasteiger partial charge is 0.345 e. The molecule has 0 aliphatic carbocycles. The van der Waals surface area contributed by atoms with Crippen LogP contribution in [0.4, 0.5) is 8.78 Å². The van der Waals surface area contributed by atoms with Gasteiger partial charge in [-0.25, -0.2) is 8.78 Å². The molecule has 0 spiro atoms. The highest BCUT2D eigenvalue weighted by Gasteiger charge is 2.34. The lowest BCUT2D eigenvalue weighted by Gasteiger charge is -2.24. The highest BCUT2D eigenvalue weighted by Crippen LogP contribution is 2.24. The minimum atomic E-state index is -2.98. The molecular weight excluding hydrogens is 402 g/mol. The molecule has 166 valence electrons. The molecule has 4 rings (SSSR count). The molecule has 2 aliphatic heterocycles. The summed E-state index contributed by atoms with van der Waals surface area (Å²) in [4.78, 5) is 19.1. The summed E-state index contributed by atoms with van der Waals surface area (Å²) in [7, 11) is 1.84. The lowest BCUT2D eigenvalue weighted by atomic mass is 9.96. The first-order chi connectivity index (χ1) is 14.9. The zero-order valence-corrected chi connectivity index (χ0v) is 17.7. The van der Waals surface area contributed by atoms with Crippen molar-refractivity contribution >= 4 is 11.6 Å². The van der Waals surface area contributed by atoms with Gasteiger partial charge in [0.1, 0.15) is 5.71 Å². The lowest BCUT2D eigenvalue weighted by molar-refractivity contribution is -0.117. The van der Waals surface area contributed by atoms with Crippen molar-refractivity contribution in [2.24, 2.45) is 12.0 Å². The molecule has 31 heavy (non-hydrogen) atoms. The van der Waals surface area contributed by atoms with Crippen molar-refractivity contribution in [2.45, 2.75) is 25.3 Å². The van der Waals surface area contributed by atoms with Crippen LogP contribution in [-0.2, 0) is 18.4 Å². The number of hydrogen-bond acceptors (Lipinski definition) is 5. The van der Waals surface area contributed by atoms with Crippen molar-refractivity contribution in [3.63, 3.8) is 0 Å². The van der Waals surface area contributed by atoms with Crippen LogP contribution in [0.1, 0.15) is 24.0 Å². The normalized spacial score (nSPS) is 17.6. The molecule has 2 N–H and O–H groups in total. The van der Waals surface area contributed by atoms with Gasteiger partial charge in [-0.2, -0.15) is 5.10 Å². The number of carbonyl (C=O) groups is 1. The smallest absolute Gasteiger partial charge is 0.277 e. The summed E-state index contributed by atoms with van der Waals surface area (Å²) < 4.78 is 30.5. The molecular formula is C22H28F2N6O. The molecule has 9 heteroatoms. The van der Waals surface area contributed by atoms with Gasteiger partial charge in [0.2, 0.25) is 0 Å².